The van der Waals surface area contributed by atoms with Gasteiger partial charge in [0.1, 0.15) is 10.0 Å². The molecule has 0 aliphatic carbocycles. The molecule has 0 saturated carbocycles. The molecule has 1 aromatic rings. The Bertz CT molecular complexity index is 222. The Morgan fingerprint density at radius 2 is 2.08 bits per heavy atom. The van der Waals surface area contributed by atoms with Crippen molar-refractivity contribution < 1.29 is 0 Å². The third-order valence-electron chi connectivity index (χ3n) is 1.63. The van der Waals surface area contributed by atoms with E-state index in [-0.39, 0.29) is 0 Å². The third kappa shape index (κ3) is 2.87. The van der Waals surface area contributed by atoms with E-state index >= 15 is 0 Å². The molecule has 1 N–H and O–H groups in total. The number of aryl methyl sites for hydroxylation is 2. The zero-order chi connectivity index (χ0) is 8.81. The summed E-state index contributed by atoms with van der Waals surface area (Å²) in [6.45, 7) is 3.17. The third-order valence-corrected chi connectivity index (χ3v) is 2.76. The van der Waals surface area contributed by atoms with Crippen molar-refractivity contribution in [1.29, 1.82) is 0 Å². The Hall–Kier alpha value is -0.480. The van der Waals surface area contributed by atoms with E-state index in [0.717, 1.165) is 30.8 Å². The molecule has 0 aliphatic rings. The second-order valence-electron chi connectivity index (χ2n) is 2.65. The average Bonchev–Trinajstić information content (AvgIpc) is 2.53. The molecule has 0 saturated heterocycles. The fourth-order valence-corrected chi connectivity index (χ4v) is 1.77. The standard InChI is InChI=1S/C8H15N3S/c1-3-7-10-11-8(12-7)5-4-6-9-2/h9H,3-6H2,1-2H3. The van der Waals surface area contributed by atoms with Gasteiger partial charge >= 0.3 is 0 Å². The van der Waals surface area contributed by atoms with Crippen LogP contribution in [0.1, 0.15) is 23.4 Å². The van der Waals surface area contributed by atoms with Crippen LogP contribution < -0.4 is 5.32 Å². The summed E-state index contributed by atoms with van der Waals surface area (Å²) in [7, 11) is 1.97. The maximum atomic E-state index is 4.10. The first-order valence-electron chi connectivity index (χ1n) is 4.32. The second-order valence-corrected chi connectivity index (χ2v) is 3.80. The van der Waals surface area contributed by atoms with Crippen LogP contribution in [0.5, 0.6) is 0 Å². The zero-order valence-electron chi connectivity index (χ0n) is 7.63. The average molecular weight is 185 g/mol. The lowest BCUT2D eigenvalue weighted by Crippen LogP contribution is -2.08. The highest BCUT2D eigenvalue weighted by molar-refractivity contribution is 7.11. The molecule has 0 atom stereocenters. The number of nitrogens with one attached hydrogen (secondary N) is 1. The Morgan fingerprint density at radius 3 is 2.67 bits per heavy atom. The van der Waals surface area contributed by atoms with Gasteiger partial charge in [0.15, 0.2) is 0 Å². The Balaban J connectivity index is 2.31. The first kappa shape index (κ1) is 9.61. The van der Waals surface area contributed by atoms with Crippen LogP contribution in [0.4, 0.5) is 0 Å². The number of nitrogens with zero attached hydrogens (tertiary/aromatic N) is 2. The van der Waals surface area contributed by atoms with E-state index in [2.05, 4.69) is 22.4 Å². The summed E-state index contributed by atoms with van der Waals surface area (Å²) in [6.07, 6.45) is 3.21. The van der Waals surface area contributed by atoms with Crippen LogP contribution in [0.15, 0.2) is 0 Å². The monoisotopic (exact) mass is 185 g/mol. The number of hydrogen-bond donors (Lipinski definition) is 1. The highest BCUT2D eigenvalue weighted by Gasteiger charge is 2.00. The summed E-state index contributed by atoms with van der Waals surface area (Å²) in [5.41, 5.74) is 0. The van der Waals surface area contributed by atoms with Gasteiger partial charge in [-0.1, -0.05) is 6.92 Å². The van der Waals surface area contributed by atoms with Crippen LogP contribution in [-0.4, -0.2) is 23.8 Å². The van der Waals surface area contributed by atoms with Gasteiger partial charge in [0.25, 0.3) is 0 Å². The molecular weight excluding hydrogens is 170 g/mol. The van der Waals surface area contributed by atoms with Crippen molar-refractivity contribution in [2.75, 3.05) is 13.6 Å². The minimum atomic E-state index is 1.00. The first-order chi connectivity index (χ1) is 5.86. The molecule has 68 valence electrons. The van der Waals surface area contributed by atoms with Gasteiger partial charge in [-0.3, -0.25) is 0 Å². The molecule has 0 aromatic carbocycles. The topological polar surface area (TPSA) is 37.8 Å². The molecule has 3 nitrogen and oxygen atoms in total. The van der Waals surface area contributed by atoms with E-state index in [0.29, 0.717) is 0 Å². The van der Waals surface area contributed by atoms with Gasteiger partial charge in [0, 0.05) is 6.42 Å². The smallest absolute Gasteiger partial charge is 0.117 e. The lowest BCUT2D eigenvalue weighted by atomic mass is 10.3. The van der Waals surface area contributed by atoms with Gasteiger partial charge in [-0.2, -0.15) is 0 Å². The molecule has 0 unspecified atom stereocenters. The van der Waals surface area contributed by atoms with Gasteiger partial charge in [-0.05, 0) is 26.4 Å². The van der Waals surface area contributed by atoms with E-state index in [1.807, 2.05) is 7.05 Å². The predicted molar refractivity (Wildman–Crippen MR) is 51.5 cm³/mol. The van der Waals surface area contributed by atoms with Gasteiger partial charge in [0.05, 0.1) is 0 Å². The molecular formula is C8H15N3S. The van der Waals surface area contributed by atoms with Crippen molar-refractivity contribution in [3.63, 3.8) is 0 Å². The lowest BCUT2D eigenvalue weighted by molar-refractivity contribution is 0.717. The second kappa shape index (κ2) is 5.22. The summed E-state index contributed by atoms with van der Waals surface area (Å²) < 4.78 is 0. The molecule has 1 aromatic heterocycles. The van der Waals surface area contributed by atoms with Crippen molar-refractivity contribution in [3.8, 4) is 0 Å². The van der Waals surface area contributed by atoms with Crippen molar-refractivity contribution in [2.24, 2.45) is 0 Å². The van der Waals surface area contributed by atoms with Crippen LogP contribution in [-0.2, 0) is 12.8 Å². The van der Waals surface area contributed by atoms with Gasteiger partial charge in [-0.25, -0.2) is 0 Å². The fourth-order valence-electron chi connectivity index (χ4n) is 0.949. The summed E-state index contributed by atoms with van der Waals surface area (Å²) in [5, 5.41) is 13.6. The van der Waals surface area contributed by atoms with Crippen molar-refractivity contribution in [1.82, 2.24) is 15.5 Å². The van der Waals surface area contributed by atoms with Crippen molar-refractivity contribution in [3.05, 3.63) is 10.0 Å². The SMILES string of the molecule is CCc1nnc(CCCNC)s1. The molecule has 0 spiro atoms. The Labute approximate surface area is 77.2 Å². The predicted octanol–water partition coefficient (Wildman–Crippen LogP) is 1.25. The Morgan fingerprint density at radius 1 is 1.33 bits per heavy atom. The summed E-state index contributed by atoms with van der Waals surface area (Å²) in [5.74, 6) is 0. The van der Waals surface area contributed by atoms with Gasteiger partial charge in [-0.15, -0.1) is 21.5 Å². The maximum Gasteiger partial charge on any atom is 0.117 e. The molecule has 4 heteroatoms. The highest BCUT2D eigenvalue weighted by atomic mass is 32.1. The van der Waals surface area contributed by atoms with Crippen LogP contribution >= 0.6 is 11.3 Å². The first-order valence-corrected chi connectivity index (χ1v) is 5.14. The Kier molecular flexibility index (Phi) is 4.18. The van der Waals surface area contributed by atoms with E-state index in [1.165, 1.54) is 5.01 Å². The van der Waals surface area contributed by atoms with Crippen LogP contribution in [0.3, 0.4) is 0 Å². The van der Waals surface area contributed by atoms with Gasteiger partial charge in [0.2, 0.25) is 0 Å². The quantitative estimate of drug-likeness (QED) is 0.702. The highest BCUT2D eigenvalue weighted by Crippen LogP contribution is 2.11. The molecule has 0 radical (unpaired) electrons. The largest absolute Gasteiger partial charge is 0.320 e. The fraction of sp³-hybridized carbons (Fsp3) is 0.750. The summed E-state index contributed by atoms with van der Waals surface area (Å²) >= 11 is 1.73. The molecule has 0 bridgehead atoms. The van der Waals surface area contributed by atoms with Crippen LogP contribution in [0.25, 0.3) is 0 Å². The number of hydrogen-bond acceptors (Lipinski definition) is 4. The van der Waals surface area contributed by atoms with E-state index in [1.54, 1.807) is 11.3 Å². The number of aromatic nitrogens is 2. The maximum absolute atomic E-state index is 4.10. The summed E-state index contributed by atoms with van der Waals surface area (Å²) in [6, 6.07) is 0. The minimum Gasteiger partial charge on any atom is -0.320 e. The normalized spacial score (nSPS) is 10.5. The molecule has 0 amide bonds. The molecule has 0 aliphatic heterocycles. The molecule has 12 heavy (non-hydrogen) atoms. The number of rotatable bonds is 5. The van der Waals surface area contributed by atoms with E-state index in [4.69, 9.17) is 0 Å². The van der Waals surface area contributed by atoms with Crippen LogP contribution in [0, 0.1) is 0 Å². The zero-order valence-corrected chi connectivity index (χ0v) is 8.45. The van der Waals surface area contributed by atoms with Crippen molar-refractivity contribution in [2.45, 2.75) is 26.2 Å². The lowest BCUT2D eigenvalue weighted by Gasteiger charge is -1.93. The van der Waals surface area contributed by atoms with E-state index in [9.17, 15) is 0 Å². The summed E-state index contributed by atoms with van der Waals surface area (Å²) in [4.78, 5) is 0. The molecule has 0 fully saturated rings. The van der Waals surface area contributed by atoms with Gasteiger partial charge < -0.3 is 5.32 Å². The molecule has 1 rings (SSSR count). The van der Waals surface area contributed by atoms with Crippen LogP contribution in [0.2, 0.25) is 0 Å². The van der Waals surface area contributed by atoms with E-state index < -0.39 is 0 Å². The van der Waals surface area contributed by atoms with Crippen molar-refractivity contribution >= 4 is 11.3 Å². The molecule has 1 heterocycles. The minimum absolute atomic E-state index is 1.00.